The molecule has 0 unspecified atom stereocenters. The molecule has 1 amide bonds. The van der Waals surface area contributed by atoms with E-state index >= 15 is 0 Å². The van der Waals surface area contributed by atoms with Crippen LogP contribution >= 0.6 is 11.6 Å². The van der Waals surface area contributed by atoms with Gasteiger partial charge in [-0.1, -0.05) is 23.7 Å². The number of hydrogen-bond donors (Lipinski definition) is 2. The number of aliphatic carboxylic acids is 1. The molecule has 126 valence electrons. The van der Waals surface area contributed by atoms with E-state index in [-0.39, 0.29) is 18.7 Å². The Balaban J connectivity index is 1.97. The molecule has 0 aromatic heterocycles. The molecule has 2 aromatic rings. The lowest BCUT2D eigenvalue weighted by Gasteiger charge is -2.13. The van der Waals surface area contributed by atoms with Crippen LogP contribution in [0.1, 0.15) is 12.0 Å². The number of ether oxygens (including phenoxy) is 1. The molecule has 6 heteroatoms. The van der Waals surface area contributed by atoms with Crippen molar-refractivity contribution in [1.29, 1.82) is 0 Å². The Morgan fingerprint density at radius 2 is 1.75 bits per heavy atom. The standard InChI is InChI=1S/C18H18ClNO4/c1-24-16-8-2-12(3-9-16)10-13(18(22)23)11-17(21)20-15-6-4-14(19)5-7-15/h2-9,13H,10-11H2,1H3,(H,20,21)(H,22,23)/t13-/m0/s1. The molecule has 0 heterocycles. The van der Waals surface area contributed by atoms with Crippen LogP contribution in [0.3, 0.4) is 0 Å². The molecule has 5 nitrogen and oxygen atoms in total. The highest BCUT2D eigenvalue weighted by atomic mass is 35.5. The largest absolute Gasteiger partial charge is 0.497 e. The van der Waals surface area contributed by atoms with E-state index in [1.54, 1.807) is 55.6 Å². The van der Waals surface area contributed by atoms with Gasteiger partial charge >= 0.3 is 5.97 Å². The highest BCUT2D eigenvalue weighted by Crippen LogP contribution is 2.18. The molecule has 0 saturated carbocycles. The fourth-order valence-corrected chi connectivity index (χ4v) is 2.39. The van der Waals surface area contributed by atoms with Gasteiger partial charge in [0, 0.05) is 17.1 Å². The van der Waals surface area contributed by atoms with Crippen molar-refractivity contribution >= 4 is 29.2 Å². The highest BCUT2D eigenvalue weighted by Gasteiger charge is 2.22. The Hall–Kier alpha value is -2.53. The van der Waals surface area contributed by atoms with E-state index in [9.17, 15) is 14.7 Å². The summed E-state index contributed by atoms with van der Waals surface area (Å²) in [6, 6.07) is 13.8. The second-order valence-corrected chi connectivity index (χ2v) is 5.78. The summed E-state index contributed by atoms with van der Waals surface area (Å²) in [6.45, 7) is 0. The van der Waals surface area contributed by atoms with Crippen LogP contribution in [0.25, 0.3) is 0 Å². The lowest BCUT2D eigenvalue weighted by molar-refractivity contribution is -0.143. The lowest BCUT2D eigenvalue weighted by Crippen LogP contribution is -2.24. The van der Waals surface area contributed by atoms with Gasteiger partial charge in [-0.15, -0.1) is 0 Å². The highest BCUT2D eigenvalue weighted by molar-refractivity contribution is 6.30. The van der Waals surface area contributed by atoms with Crippen LogP contribution in [0.2, 0.25) is 5.02 Å². The van der Waals surface area contributed by atoms with Crippen molar-refractivity contribution < 1.29 is 19.4 Å². The number of nitrogens with one attached hydrogen (secondary N) is 1. The molecule has 0 radical (unpaired) electrons. The fraction of sp³-hybridized carbons (Fsp3) is 0.222. The van der Waals surface area contributed by atoms with Crippen molar-refractivity contribution in [3.63, 3.8) is 0 Å². The second-order valence-electron chi connectivity index (χ2n) is 5.35. The molecule has 0 saturated heterocycles. The van der Waals surface area contributed by atoms with E-state index in [0.717, 1.165) is 5.56 Å². The van der Waals surface area contributed by atoms with E-state index < -0.39 is 11.9 Å². The molecule has 1 atom stereocenters. The fourth-order valence-electron chi connectivity index (χ4n) is 2.26. The predicted molar refractivity (Wildman–Crippen MR) is 92.5 cm³/mol. The molecule has 0 spiro atoms. The monoisotopic (exact) mass is 347 g/mol. The maximum Gasteiger partial charge on any atom is 0.307 e. The van der Waals surface area contributed by atoms with Crippen LogP contribution in [0, 0.1) is 5.92 Å². The number of benzene rings is 2. The molecule has 2 aromatic carbocycles. The summed E-state index contributed by atoms with van der Waals surface area (Å²) >= 11 is 5.79. The van der Waals surface area contributed by atoms with Crippen LogP contribution in [-0.2, 0) is 16.0 Å². The minimum absolute atomic E-state index is 0.107. The van der Waals surface area contributed by atoms with E-state index in [2.05, 4.69) is 5.32 Å². The zero-order valence-corrected chi connectivity index (χ0v) is 13.9. The molecule has 0 aliphatic carbocycles. The Morgan fingerprint density at radius 1 is 1.12 bits per heavy atom. The summed E-state index contributed by atoms with van der Waals surface area (Å²) in [4.78, 5) is 23.5. The number of anilines is 1. The van der Waals surface area contributed by atoms with Crippen LogP contribution < -0.4 is 10.1 Å². The number of methoxy groups -OCH3 is 1. The van der Waals surface area contributed by atoms with Crippen LogP contribution in [0.15, 0.2) is 48.5 Å². The average Bonchev–Trinajstić information content (AvgIpc) is 2.57. The van der Waals surface area contributed by atoms with Crippen molar-refractivity contribution in [2.45, 2.75) is 12.8 Å². The van der Waals surface area contributed by atoms with Crippen molar-refractivity contribution in [1.82, 2.24) is 0 Å². The summed E-state index contributed by atoms with van der Waals surface area (Å²) in [5, 5.41) is 12.6. The molecule has 24 heavy (non-hydrogen) atoms. The number of carbonyl (C=O) groups excluding carboxylic acids is 1. The van der Waals surface area contributed by atoms with Crippen molar-refractivity contribution in [2.24, 2.45) is 5.92 Å². The Morgan fingerprint density at radius 3 is 2.29 bits per heavy atom. The normalized spacial score (nSPS) is 11.6. The van der Waals surface area contributed by atoms with Gasteiger partial charge in [0.25, 0.3) is 0 Å². The maximum atomic E-state index is 12.1. The minimum Gasteiger partial charge on any atom is -0.497 e. The van der Waals surface area contributed by atoms with Gasteiger partial charge in [-0.3, -0.25) is 9.59 Å². The van der Waals surface area contributed by atoms with Crippen molar-refractivity contribution in [2.75, 3.05) is 12.4 Å². The number of carboxylic acid groups (broad SMARTS) is 1. The van der Waals surface area contributed by atoms with Gasteiger partial charge in [0.1, 0.15) is 5.75 Å². The number of rotatable bonds is 7. The molecule has 2 rings (SSSR count). The molecule has 0 aliphatic heterocycles. The molecule has 0 bridgehead atoms. The van der Waals surface area contributed by atoms with Gasteiger partial charge in [0.2, 0.25) is 5.91 Å². The quantitative estimate of drug-likeness (QED) is 0.802. The summed E-state index contributed by atoms with van der Waals surface area (Å²) in [5.74, 6) is -1.45. The summed E-state index contributed by atoms with van der Waals surface area (Å²) < 4.78 is 5.07. The van der Waals surface area contributed by atoms with Crippen molar-refractivity contribution in [3.8, 4) is 5.75 Å². The van der Waals surface area contributed by atoms with Crippen LogP contribution in [0.5, 0.6) is 5.75 Å². The summed E-state index contributed by atoms with van der Waals surface area (Å²) in [5.41, 5.74) is 1.42. The Kier molecular flexibility index (Phi) is 6.21. The Bertz CT molecular complexity index is 698. The van der Waals surface area contributed by atoms with E-state index in [0.29, 0.717) is 16.5 Å². The summed E-state index contributed by atoms with van der Waals surface area (Å²) in [7, 11) is 1.57. The smallest absolute Gasteiger partial charge is 0.307 e. The first-order valence-electron chi connectivity index (χ1n) is 7.39. The van der Waals surface area contributed by atoms with Crippen LogP contribution in [-0.4, -0.2) is 24.1 Å². The van der Waals surface area contributed by atoms with E-state index in [1.807, 2.05) is 0 Å². The number of halogens is 1. The Labute approximate surface area is 145 Å². The van der Waals surface area contributed by atoms with E-state index in [1.165, 1.54) is 0 Å². The van der Waals surface area contributed by atoms with Crippen LogP contribution in [0.4, 0.5) is 5.69 Å². The first kappa shape index (κ1) is 17.8. The SMILES string of the molecule is COc1ccc(C[C@@H](CC(=O)Nc2ccc(Cl)cc2)C(=O)O)cc1. The third-order valence-corrected chi connectivity index (χ3v) is 3.80. The van der Waals surface area contributed by atoms with Gasteiger partial charge in [-0.25, -0.2) is 0 Å². The van der Waals surface area contributed by atoms with Gasteiger partial charge in [-0.05, 0) is 48.4 Å². The molecular formula is C18H18ClNO4. The number of carbonyl (C=O) groups is 2. The topological polar surface area (TPSA) is 75.6 Å². The predicted octanol–water partition coefficient (Wildman–Crippen LogP) is 3.62. The van der Waals surface area contributed by atoms with Gasteiger partial charge in [0.05, 0.1) is 13.0 Å². The lowest BCUT2D eigenvalue weighted by atomic mass is 9.96. The average molecular weight is 348 g/mol. The number of amides is 1. The number of hydrogen-bond acceptors (Lipinski definition) is 3. The van der Waals surface area contributed by atoms with E-state index in [4.69, 9.17) is 16.3 Å². The second kappa shape index (κ2) is 8.36. The third-order valence-electron chi connectivity index (χ3n) is 3.55. The molecule has 0 aliphatic rings. The molecular weight excluding hydrogens is 330 g/mol. The van der Waals surface area contributed by atoms with Crippen molar-refractivity contribution in [3.05, 3.63) is 59.1 Å². The number of carboxylic acids is 1. The zero-order valence-electron chi connectivity index (χ0n) is 13.2. The maximum absolute atomic E-state index is 12.1. The molecule has 0 fully saturated rings. The van der Waals surface area contributed by atoms with Gasteiger partial charge in [0.15, 0.2) is 0 Å². The minimum atomic E-state index is -1.00. The molecule has 2 N–H and O–H groups in total. The third kappa shape index (κ3) is 5.28. The summed E-state index contributed by atoms with van der Waals surface area (Å²) in [6.07, 6.45) is 0.164. The first-order chi connectivity index (χ1) is 11.5. The van der Waals surface area contributed by atoms with Gasteiger partial charge < -0.3 is 15.2 Å². The van der Waals surface area contributed by atoms with Gasteiger partial charge in [-0.2, -0.15) is 0 Å². The first-order valence-corrected chi connectivity index (χ1v) is 7.77. The zero-order chi connectivity index (χ0) is 17.5.